The van der Waals surface area contributed by atoms with Crippen LogP contribution in [0.5, 0.6) is 0 Å². The lowest BCUT2D eigenvalue weighted by Gasteiger charge is -2.14. The fourth-order valence-corrected chi connectivity index (χ4v) is 11.3. The number of rotatable bonds is 11. The molecule has 0 saturated heterocycles. The molecule has 2 saturated carbocycles. The lowest BCUT2D eigenvalue weighted by molar-refractivity contribution is 0.319. The van der Waals surface area contributed by atoms with Gasteiger partial charge in [0.25, 0.3) is 0 Å². The van der Waals surface area contributed by atoms with E-state index in [1.807, 2.05) is 72.8 Å². The van der Waals surface area contributed by atoms with Crippen LogP contribution in [0.1, 0.15) is 53.1 Å². The van der Waals surface area contributed by atoms with E-state index in [0.717, 1.165) is 37.5 Å². The Kier molecular flexibility index (Phi) is 10.8. The number of sulfone groups is 1. The first-order valence-corrected chi connectivity index (χ1v) is 24.6. The Morgan fingerprint density at radius 2 is 1.12 bits per heavy atom. The number of hydrogen-bond donors (Lipinski definition) is 3. The van der Waals surface area contributed by atoms with Crippen molar-refractivity contribution in [3.05, 3.63) is 137 Å². The van der Waals surface area contributed by atoms with Crippen molar-refractivity contribution in [3.8, 4) is 28.8 Å². The molecule has 0 aliphatic heterocycles. The number of nitriles is 1. The van der Waals surface area contributed by atoms with Crippen LogP contribution in [0, 0.1) is 11.3 Å². The highest BCUT2D eigenvalue weighted by Crippen LogP contribution is 2.45. The molecule has 17 heteroatoms. The monoisotopic (exact) mass is 923 g/mol. The molecule has 14 nitrogen and oxygen atoms in total. The number of nitrogens with one attached hydrogen (secondary N) is 2. The molecule has 2 fully saturated rings. The fraction of sp³-hybridized carbons (Fsp3) is 0.163. The first-order chi connectivity index (χ1) is 32.3. The number of pyridine rings is 6. The molecule has 10 aromatic rings. The molecule has 2 aromatic carbocycles. The number of hydrogen-bond acceptors (Lipinski definition) is 16. The van der Waals surface area contributed by atoms with Crippen molar-refractivity contribution in [2.75, 3.05) is 23.0 Å². The highest BCUT2D eigenvalue weighted by molar-refractivity contribution is 7.91. The van der Waals surface area contributed by atoms with Crippen LogP contribution in [-0.2, 0) is 9.84 Å². The van der Waals surface area contributed by atoms with Gasteiger partial charge in [-0.25, -0.2) is 28.4 Å². The minimum atomic E-state index is -3.76. The van der Waals surface area contributed by atoms with E-state index < -0.39 is 16.4 Å². The van der Waals surface area contributed by atoms with Gasteiger partial charge in [0.1, 0.15) is 17.7 Å². The second-order valence-corrected chi connectivity index (χ2v) is 20.2. The van der Waals surface area contributed by atoms with Crippen LogP contribution in [0.25, 0.3) is 65.0 Å². The maximum Gasteiger partial charge on any atom is 0.181 e. The average Bonchev–Trinajstić information content (AvgIpc) is 4.29. The molecule has 3 N–H and O–H groups in total. The summed E-state index contributed by atoms with van der Waals surface area (Å²) < 4.78 is 28.2. The SMILES string of the molecule is N#Cc1ccnc2cc(-c3ccccn3)nc(Nc3ccc4nc(C5CC5)sc4c3)c12.O=S(=O)(CCO)c1ccnc2cc(-c3ccccn3)nc(Nc3ccc4nc(C5CC5)sc4c3)c12. The van der Waals surface area contributed by atoms with E-state index in [9.17, 15) is 18.8 Å². The number of nitrogens with zero attached hydrogens (tertiary/aromatic N) is 9. The number of aliphatic hydroxyl groups excluding tert-OH is 1. The maximum absolute atomic E-state index is 13.0. The van der Waals surface area contributed by atoms with Crippen LogP contribution < -0.4 is 10.6 Å². The van der Waals surface area contributed by atoms with E-state index >= 15 is 0 Å². The molecule has 2 aliphatic carbocycles. The zero-order valence-corrected chi connectivity index (χ0v) is 37.4. The first-order valence-electron chi connectivity index (χ1n) is 21.3. The summed E-state index contributed by atoms with van der Waals surface area (Å²) in [4.78, 5) is 36.9. The van der Waals surface area contributed by atoms with Crippen molar-refractivity contribution in [1.82, 2.24) is 39.9 Å². The standard InChI is InChI=1S/C25H21N5O3S2.C24H16N6S/c31-11-12-35(32,33)22-8-10-27-20-14-19(17-3-1-2-9-26-17)29-24(23(20)22)28-16-6-7-18-21(13-16)34-25(30-18)15-4-5-15;25-13-15-8-10-27-20-12-19(17-3-1-2-9-26-17)29-23(22(15)20)28-16-6-7-18-21(11-16)31-24(30-18)14-4-5-14/h1-3,6-10,13-15,31H,4-5,11-12H2,(H,28,29);1-3,6-12,14H,4-5H2,(H,28,29). The maximum atomic E-state index is 13.0. The van der Waals surface area contributed by atoms with Crippen LogP contribution in [0.2, 0.25) is 0 Å². The van der Waals surface area contributed by atoms with Gasteiger partial charge >= 0.3 is 0 Å². The quantitative estimate of drug-likeness (QED) is 0.110. The minimum Gasteiger partial charge on any atom is -0.395 e. The summed E-state index contributed by atoms with van der Waals surface area (Å²) in [7, 11) is -3.76. The van der Waals surface area contributed by atoms with Gasteiger partial charge in [0, 0.05) is 48.0 Å². The highest BCUT2D eigenvalue weighted by Gasteiger charge is 2.28. The second-order valence-electron chi connectivity index (χ2n) is 16.0. The normalized spacial score (nSPS) is 13.7. The molecule has 324 valence electrons. The summed E-state index contributed by atoms with van der Waals surface area (Å²) in [5.41, 5.74) is 8.02. The molecule has 0 radical (unpaired) electrons. The Balaban J connectivity index is 0.000000147. The summed E-state index contributed by atoms with van der Waals surface area (Å²) in [5, 5.41) is 29.2. The summed E-state index contributed by atoms with van der Waals surface area (Å²) in [5.74, 6) is 1.78. The fourth-order valence-electron chi connectivity index (χ4n) is 7.70. The van der Waals surface area contributed by atoms with Gasteiger partial charge in [0.05, 0.1) is 97.8 Å². The third-order valence-electron chi connectivity index (χ3n) is 11.3. The zero-order valence-electron chi connectivity index (χ0n) is 35.0. The second kappa shape index (κ2) is 17.2. The molecule has 8 heterocycles. The predicted octanol–water partition coefficient (Wildman–Crippen LogP) is 10.5. The van der Waals surface area contributed by atoms with Gasteiger partial charge in [-0.15, -0.1) is 22.7 Å². The number of fused-ring (bicyclic) bond motifs is 4. The van der Waals surface area contributed by atoms with Crippen LogP contribution in [0.15, 0.2) is 127 Å². The Bertz CT molecular complexity index is 3630. The summed E-state index contributed by atoms with van der Waals surface area (Å²) in [6.07, 6.45) is 11.4. The zero-order chi connectivity index (χ0) is 44.8. The molecule has 0 spiro atoms. The van der Waals surface area contributed by atoms with Crippen LogP contribution in [0.4, 0.5) is 23.0 Å². The average molecular weight is 924 g/mol. The smallest absolute Gasteiger partial charge is 0.181 e. The largest absolute Gasteiger partial charge is 0.395 e. The molecule has 0 atom stereocenters. The Morgan fingerprint density at radius 3 is 1.62 bits per heavy atom. The highest BCUT2D eigenvalue weighted by atomic mass is 32.2. The number of benzene rings is 2. The summed E-state index contributed by atoms with van der Waals surface area (Å²) in [6, 6.07) is 32.3. The number of thiazole rings is 2. The molecule has 12 rings (SSSR count). The number of aliphatic hydroxyl groups is 1. The van der Waals surface area contributed by atoms with Crippen LogP contribution >= 0.6 is 22.7 Å². The third kappa shape index (κ3) is 8.38. The first kappa shape index (κ1) is 41.4. The van der Waals surface area contributed by atoms with E-state index in [0.29, 0.717) is 67.9 Å². The van der Waals surface area contributed by atoms with Crippen LogP contribution in [0.3, 0.4) is 0 Å². The Labute approximate surface area is 386 Å². The summed E-state index contributed by atoms with van der Waals surface area (Å²) >= 11 is 3.45. The molecular weight excluding hydrogens is 887 g/mol. The van der Waals surface area contributed by atoms with E-state index in [2.05, 4.69) is 42.7 Å². The van der Waals surface area contributed by atoms with Crippen molar-refractivity contribution < 1.29 is 13.5 Å². The van der Waals surface area contributed by atoms with Gasteiger partial charge < -0.3 is 15.7 Å². The van der Waals surface area contributed by atoms with Crippen LogP contribution in [-0.4, -0.2) is 65.8 Å². The number of aromatic nitrogens is 8. The molecule has 0 bridgehead atoms. The van der Waals surface area contributed by atoms with Crippen molar-refractivity contribution in [2.45, 2.75) is 42.4 Å². The van der Waals surface area contributed by atoms with Crippen molar-refractivity contribution in [3.63, 3.8) is 0 Å². The molecule has 2 aliphatic rings. The number of anilines is 4. The Morgan fingerprint density at radius 1 is 0.591 bits per heavy atom. The van der Waals surface area contributed by atoms with Crippen molar-refractivity contribution in [2.24, 2.45) is 0 Å². The lowest BCUT2D eigenvalue weighted by Crippen LogP contribution is -2.12. The molecule has 0 unspecified atom stereocenters. The minimum absolute atomic E-state index is 0.0778. The summed E-state index contributed by atoms with van der Waals surface area (Å²) in [6.45, 7) is -0.472. The molecule has 8 aromatic heterocycles. The molecule has 66 heavy (non-hydrogen) atoms. The van der Waals surface area contributed by atoms with Gasteiger partial charge in [0.2, 0.25) is 0 Å². The van der Waals surface area contributed by atoms with Gasteiger partial charge in [-0.1, -0.05) is 12.1 Å². The third-order valence-corrected chi connectivity index (χ3v) is 15.4. The van der Waals surface area contributed by atoms with E-state index in [1.54, 1.807) is 53.4 Å². The predicted molar refractivity (Wildman–Crippen MR) is 259 cm³/mol. The van der Waals surface area contributed by atoms with E-state index in [-0.39, 0.29) is 10.6 Å². The molecular formula is C49H37N11O3S3. The van der Waals surface area contributed by atoms with Gasteiger partial charge in [-0.05, 0) is 111 Å². The Hall–Kier alpha value is -7.36. The van der Waals surface area contributed by atoms with Gasteiger partial charge in [-0.2, -0.15) is 5.26 Å². The van der Waals surface area contributed by atoms with Gasteiger partial charge in [0.15, 0.2) is 9.84 Å². The topological polar surface area (TPSA) is 205 Å². The van der Waals surface area contributed by atoms with E-state index in [4.69, 9.17) is 19.9 Å². The lowest BCUT2D eigenvalue weighted by atomic mass is 10.1. The van der Waals surface area contributed by atoms with Crippen molar-refractivity contribution >= 4 is 97.8 Å². The van der Waals surface area contributed by atoms with Crippen molar-refractivity contribution in [1.29, 1.82) is 5.26 Å². The van der Waals surface area contributed by atoms with E-state index in [1.165, 1.54) is 48.0 Å². The molecule has 0 amide bonds. The van der Waals surface area contributed by atoms with Gasteiger partial charge in [-0.3, -0.25) is 19.9 Å².